The Morgan fingerprint density at radius 2 is 2.05 bits per heavy atom. The zero-order valence-corrected chi connectivity index (χ0v) is 10.8. The van der Waals surface area contributed by atoms with Gasteiger partial charge in [0.25, 0.3) is 5.91 Å². The van der Waals surface area contributed by atoms with Gasteiger partial charge in [0.05, 0.1) is 6.33 Å². The fourth-order valence-corrected chi connectivity index (χ4v) is 2.39. The first-order valence-corrected chi connectivity index (χ1v) is 6.33. The third-order valence-corrected chi connectivity index (χ3v) is 3.45. The number of aromatic carboxylic acids is 1. The minimum absolute atomic E-state index is 0.0779. The van der Waals surface area contributed by atoms with Gasteiger partial charge in [0.1, 0.15) is 0 Å². The van der Waals surface area contributed by atoms with Gasteiger partial charge in [-0.25, -0.2) is 9.78 Å². The summed E-state index contributed by atoms with van der Waals surface area (Å²) in [7, 11) is 0. The smallest absolute Gasteiger partial charge is 0.354 e. The fourth-order valence-electron chi connectivity index (χ4n) is 2.39. The summed E-state index contributed by atoms with van der Waals surface area (Å²) in [5.74, 6) is -1.76. The minimum Gasteiger partial charge on any atom is -0.477 e. The lowest BCUT2D eigenvalue weighted by molar-refractivity contribution is -0.119. The second kappa shape index (κ2) is 5.72. The molecule has 0 aliphatic carbocycles. The van der Waals surface area contributed by atoms with Gasteiger partial charge in [-0.3, -0.25) is 9.59 Å². The molecule has 0 saturated carbocycles. The van der Waals surface area contributed by atoms with Crippen LogP contribution < -0.4 is 5.73 Å². The molecule has 108 valence electrons. The lowest BCUT2D eigenvalue weighted by Gasteiger charge is -2.31. The summed E-state index contributed by atoms with van der Waals surface area (Å²) >= 11 is 0. The van der Waals surface area contributed by atoms with Crippen LogP contribution in [0.3, 0.4) is 0 Å². The monoisotopic (exact) mass is 280 g/mol. The summed E-state index contributed by atoms with van der Waals surface area (Å²) in [5, 5.41) is 8.95. The van der Waals surface area contributed by atoms with Crippen LogP contribution in [0.25, 0.3) is 0 Å². The molecule has 1 aromatic rings. The zero-order chi connectivity index (χ0) is 14.7. The molecule has 1 saturated heterocycles. The lowest BCUT2D eigenvalue weighted by Crippen LogP contribution is -2.40. The number of likely N-dealkylation sites (tertiary alicyclic amines) is 1. The normalized spacial score (nSPS) is 16.1. The van der Waals surface area contributed by atoms with E-state index in [0.29, 0.717) is 32.4 Å². The number of primary amides is 1. The van der Waals surface area contributed by atoms with Crippen LogP contribution in [0.15, 0.2) is 6.33 Å². The number of carbonyl (C=O) groups is 3. The zero-order valence-electron chi connectivity index (χ0n) is 10.8. The van der Waals surface area contributed by atoms with Crippen LogP contribution in [-0.2, 0) is 4.79 Å². The second-order valence-electron chi connectivity index (χ2n) is 4.84. The lowest BCUT2D eigenvalue weighted by atomic mass is 9.93. The van der Waals surface area contributed by atoms with Crippen LogP contribution in [0.4, 0.5) is 0 Å². The Kier molecular flexibility index (Phi) is 4.02. The predicted molar refractivity (Wildman–Crippen MR) is 68.0 cm³/mol. The van der Waals surface area contributed by atoms with Crippen molar-refractivity contribution in [2.75, 3.05) is 13.1 Å². The van der Waals surface area contributed by atoms with Crippen molar-refractivity contribution >= 4 is 17.8 Å². The molecule has 2 heterocycles. The maximum atomic E-state index is 12.2. The number of rotatable bonds is 4. The molecule has 2 rings (SSSR count). The van der Waals surface area contributed by atoms with Crippen LogP contribution in [0, 0.1) is 5.92 Å². The van der Waals surface area contributed by atoms with Crippen LogP contribution >= 0.6 is 0 Å². The first-order valence-electron chi connectivity index (χ1n) is 6.33. The van der Waals surface area contributed by atoms with Gasteiger partial charge in [-0.1, -0.05) is 0 Å². The highest BCUT2D eigenvalue weighted by Crippen LogP contribution is 2.21. The molecule has 0 bridgehead atoms. The van der Waals surface area contributed by atoms with E-state index in [1.807, 2.05) is 0 Å². The Bertz CT molecular complexity index is 531. The number of nitrogens with two attached hydrogens (primary N) is 1. The molecule has 2 amide bonds. The average molecular weight is 280 g/mol. The van der Waals surface area contributed by atoms with E-state index in [1.54, 1.807) is 4.90 Å². The Morgan fingerprint density at radius 3 is 2.60 bits per heavy atom. The van der Waals surface area contributed by atoms with Gasteiger partial charge in [-0.2, -0.15) is 0 Å². The molecule has 8 nitrogen and oxygen atoms in total. The molecule has 8 heteroatoms. The van der Waals surface area contributed by atoms with Crippen LogP contribution in [0.2, 0.25) is 0 Å². The number of piperidine rings is 1. The van der Waals surface area contributed by atoms with Gasteiger partial charge < -0.3 is 20.7 Å². The number of nitrogens with one attached hydrogen (secondary N) is 1. The van der Waals surface area contributed by atoms with Gasteiger partial charge in [0.15, 0.2) is 11.4 Å². The summed E-state index contributed by atoms with van der Waals surface area (Å²) in [6.07, 6.45) is 2.88. The maximum Gasteiger partial charge on any atom is 0.354 e. The van der Waals surface area contributed by atoms with Crippen molar-refractivity contribution in [1.82, 2.24) is 14.9 Å². The third-order valence-electron chi connectivity index (χ3n) is 3.45. The molecule has 0 radical (unpaired) electrons. The average Bonchev–Trinajstić information content (AvgIpc) is 2.87. The number of hydrogen-bond donors (Lipinski definition) is 3. The van der Waals surface area contributed by atoms with Gasteiger partial charge in [-0.15, -0.1) is 0 Å². The summed E-state index contributed by atoms with van der Waals surface area (Å²) in [4.78, 5) is 41.8. The number of imidazole rings is 1. The molecule has 0 spiro atoms. The van der Waals surface area contributed by atoms with Gasteiger partial charge in [-0.05, 0) is 18.8 Å². The first kappa shape index (κ1) is 14.0. The standard InChI is InChI=1S/C12H16N4O4/c13-8(17)5-7-1-3-16(4-2-7)11(18)9-10(12(19)20)15-6-14-9/h6-7H,1-5H2,(H2,13,17)(H,14,15)(H,19,20). The van der Waals surface area contributed by atoms with Crippen LogP contribution in [0.5, 0.6) is 0 Å². The SMILES string of the molecule is NC(=O)CC1CCN(C(=O)c2nc[nH]c2C(=O)O)CC1. The van der Waals surface area contributed by atoms with Crippen LogP contribution in [0.1, 0.15) is 40.2 Å². The Labute approximate surface area is 115 Å². The summed E-state index contributed by atoms with van der Waals surface area (Å²) in [6, 6.07) is 0. The van der Waals surface area contributed by atoms with E-state index in [1.165, 1.54) is 6.33 Å². The highest BCUT2D eigenvalue weighted by Gasteiger charge is 2.28. The number of aromatic nitrogens is 2. The van der Waals surface area contributed by atoms with Crippen molar-refractivity contribution in [3.05, 3.63) is 17.7 Å². The molecular weight excluding hydrogens is 264 g/mol. The van der Waals surface area contributed by atoms with E-state index in [-0.39, 0.29) is 23.2 Å². The predicted octanol–water partition coefficient (Wildman–Crippen LogP) is -0.165. The summed E-state index contributed by atoms with van der Waals surface area (Å²) in [5.41, 5.74) is 4.87. The van der Waals surface area contributed by atoms with Crippen molar-refractivity contribution < 1.29 is 19.5 Å². The summed E-state index contributed by atoms with van der Waals surface area (Å²) in [6.45, 7) is 0.950. The minimum atomic E-state index is -1.21. The fraction of sp³-hybridized carbons (Fsp3) is 0.500. The molecule has 1 aromatic heterocycles. The first-order chi connectivity index (χ1) is 9.49. The van der Waals surface area contributed by atoms with Gasteiger partial charge in [0, 0.05) is 19.5 Å². The number of aromatic amines is 1. The molecule has 4 N–H and O–H groups in total. The maximum absolute atomic E-state index is 12.2. The molecule has 1 aliphatic rings. The summed E-state index contributed by atoms with van der Waals surface area (Å²) < 4.78 is 0. The Hall–Kier alpha value is -2.38. The second-order valence-corrected chi connectivity index (χ2v) is 4.84. The number of hydrogen-bond acceptors (Lipinski definition) is 4. The van der Waals surface area contributed by atoms with Gasteiger partial charge in [0.2, 0.25) is 5.91 Å². The molecule has 1 fully saturated rings. The molecule has 0 aromatic carbocycles. The van der Waals surface area contributed by atoms with E-state index in [0.717, 1.165) is 0 Å². The highest BCUT2D eigenvalue weighted by atomic mass is 16.4. The molecule has 0 unspecified atom stereocenters. The third kappa shape index (κ3) is 2.95. The Morgan fingerprint density at radius 1 is 1.40 bits per heavy atom. The molecule has 20 heavy (non-hydrogen) atoms. The van der Waals surface area contributed by atoms with Crippen molar-refractivity contribution in [2.45, 2.75) is 19.3 Å². The molecular formula is C12H16N4O4. The number of carbonyl (C=O) groups excluding carboxylic acids is 2. The number of H-pyrrole nitrogens is 1. The number of carboxylic acid groups (broad SMARTS) is 1. The van der Waals surface area contributed by atoms with Crippen molar-refractivity contribution in [3.63, 3.8) is 0 Å². The molecule has 0 atom stereocenters. The van der Waals surface area contributed by atoms with Gasteiger partial charge >= 0.3 is 5.97 Å². The van der Waals surface area contributed by atoms with Crippen LogP contribution in [-0.4, -0.2) is 50.8 Å². The molecule has 1 aliphatic heterocycles. The largest absolute Gasteiger partial charge is 0.477 e. The number of nitrogens with zero attached hydrogens (tertiary/aromatic N) is 2. The quantitative estimate of drug-likeness (QED) is 0.705. The van der Waals surface area contributed by atoms with E-state index >= 15 is 0 Å². The van der Waals surface area contributed by atoms with Crippen molar-refractivity contribution in [2.24, 2.45) is 11.7 Å². The van der Waals surface area contributed by atoms with E-state index in [4.69, 9.17) is 10.8 Å². The number of carboxylic acids is 1. The van der Waals surface area contributed by atoms with E-state index < -0.39 is 11.9 Å². The Balaban J connectivity index is 2.00. The van der Waals surface area contributed by atoms with Crippen molar-refractivity contribution in [1.29, 1.82) is 0 Å². The topological polar surface area (TPSA) is 129 Å². The number of amides is 2. The van der Waals surface area contributed by atoms with Crippen molar-refractivity contribution in [3.8, 4) is 0 Å². The highest BCUT2D eigenvalue weighted by molar-refractivity contribution is 6.02. The van der Waals surface area contributed by atoms with E-state index in [9.17, 15) is 14.4 Å². The van der Waals surface area contributed by atoms with E-state index in [2.05, 4.69) is 9.97 Å².